The molecule has 0 aromatic carbocycles. The van der Waals surface area contributed by atoms with E-state index in [1.807, 2.05) is 37.8 Å². The van der Waals surface area contributed by atoms with Crippen molar-refractivity contribution in [2.45, 2.75) is 26.3 Å². The zero-order chi connectivity index (χ0) is 14.8. The van der Waals surface area contributed by atoms with Crippen LogP contribution in [0.5, 0.6) is 0 Å². The number of nitrogens with zero attached hydrogens (tertiary/aromatic N) is 4. The van der Waals surface area contributed by atoms with Crippen molar-refractivity contribution >= 4 is 5.91 Å². The van der Waals surface area contributed by atoms with Crippen LogP contribution in [0.4, 0.5) is 0 Å². The number of carbonyl (C=O) groups excluding carboxylic acids is 1. The molecule has 1 aliphatic rings. The van der Waals surface area contributed by atoms with Gasteiger partial charge in [-0.25, -0.2) is 4.98 Å². The Labute approximate surface area is 119 Å². The van der Waals surface area contributed by atoms with Crippen molar-refractivity contribution in [3.8, 4) is 6.07 Å². The SMILES string of the molecule is Cc1cccc(C(=O)N2CCN(C(C)(C)C#N)CC2)n1. The van der Waals surface area contributed by atoms with E-state index in [1.165, 1.54) is 0 Å². The van der Waals surface area contributed by atoms with Crippen molar-refractivity contribution in [3.63, 3.8) is 0 Å². The van der Waals surface area contributed by atoms with Crippen LogP contribution in [0.2, 0.25) is 0 Å². The monoisotopic (exact) mass is 272 g/mol. The Morgan fingerprint density at radius 1 is 1.30 bits per heavy atom. The van der Waals surface area contributed by atoms with Gasteiger partial charge in [-0.15, -0.1) is 0 Å². The molecule has 0 saturated carbocycles. The first kappa shape index (κ1) is 14.5. The van der Waals surface area contributed by atoms with Gasteiger partial charge in [0, 0.05) is 31.9 Å². The van der Waals surface area contributed by atoms with Gasteiger partial charge >= 0.3 is 0 Å². The van der Waals surface area contributed by atoms with Crippen molar-refractivity contribution in [3.05, 3.63) is 29.6 Å². The number of hydrogen-bond donors (Lipinski definition) is 0. The average molecular weight is 272 g/mol. The lowest BCUT2D eigenvalue weighted by atomic mass is 10.0. The van der Waals surface area contributed by atoms with E-state index in [2.05, 4.69) is 16.0 Å². The molecule has 106 valence electrons. The molecule has 0 N–H and O–H groups in total. The fourth-order valence-corrected chi connectivity index (χ4v) is 2.36. The largest absolute Gasteiger partial charge is 0.335 e. The summed E-state index contributed by atoms with van der Waals surface area (Å²) in [5.41, 5.74) is 0.870. The number of aromatic nitrogens is 1. The molecule has 0 spiro atoms. The third-order valence-corrected chi connectivity index (χ3v) is 3.74. The molecule has 2 rings (SSSR count). The van der Waals surface area contributed by atoms with Gasteiger partial charge in [-0.05, 0) is 32.9 Å². The van der Waals surface area contributed by atoms with E-state index in [4.69, 9.17) is 5.26 Å². The predicted octanol–water partition coefficient (Wildman–Crippen LogP) is 1.45. The lowest BCUT2D eigenvalue weighted by molar-refractivity contribution is 0.0516. The minimum Gasteiger partial charge on any atom is -0.335 e. The van der Waals surface area contributed by atoms with Gasteiger partial charge in [0.25, 0.3) is 5.91 Å². The summed E-state index contributed by atoms with van der Waals surface area (Å²) in [6, 6.07) is 7.79. The lowest BCUT2D eigenvalue weighted by Gasteiger charge is -2.40. The normalized spacial score (nSPS) is 16.8. The van der Waals surface area contributed by atoms with Crippen molar-refractivity contribution in [2.24, 2.45) is 0 Å². The molecule has 1 saturated heterocycles. The summed E-state index contributed by atoms with van der Waals surface area (Å²) in [5.74, 6) is -0.0249. The second-order valence-electron chi connectivity index (χ2n) is 5.61. The quantitative estimate of drug-likeness (QED) is 0.817. The maximum atomic E-state index is 12.4. The van der Waals surface area contributed by atoms with Gasteiger partial charge < -0.3 is 4.90 Å². The Kier molecular flexibility index (Phi) is 4.05. The van der Waals surface area contributed by atoms with Crippen molar-refractivity contribution in [1.82, 2.24) is 14.8 Å². The Balaban J connectivity index is 2.01. The Bertz CT molecular complexity index is 539. The van der Waals surface area contributed by atoms with Gasteiger partial charge in [0.1, 0.15) is 11.2 Å². The second kappa shape index (κ2) is 5.59. The summed E-state index contributed by atoms with van der Waals surface area (Å²) in [4.78, 5) is 20.6. The first-order chi connectivity index (χ1) is 9.44. The molecular formula is C15H20N4O. The number of hydrogen-bond acceptors (Lipinski definition) is 4. The van der Waals surface area contributed by atoms with E-state index < -0.39 is 5.54 Å². The van der Waals surface area contributed by atoms with Gasteiger partial charge in [0.05, 0.1) is 6.07 Å². The standard InChI is InChI=1S/C15H20N4O/c1-12-5-4-6-13(17-12)14(20)18-7-9-19(10-8-18)15(2,3)11-16/h4-6H,7-10H2,1-3H3. The van der Waals surface area contributed by atoms with Crippen LogP contribution in [0.1, 0.15) is 30.0 Å². The summed E-state index contributed by atoms with van der Waals surface area (Å²) < 4.78 is 0. The maximum Gasteiger partial charge on any atom is 0.272 e. The van der Waals surface area contributed by atoms with Gasteiger partial charge in [-0.2, -0.15) is 5.26 Å². The first-order valence-electron chi connectivity index (χ1n) is 6.83. The number of piperazine rings is 1. The number of pyridine rings is 1. The molecule has 0 aliphatic carbocycles. The predicted molar refractivity (Wildman–Crippen MR) is 76.1 cm³/mol. The lowest BCUT2D eigenvalue weighted by Crippen LogP contribution is -2.55. The van der Waals surface area contributed by atoms with Crippen LogP contribution in [-0.2, 0) is 0 Å². The minimum absolute atomic E-state index is 0.0249. The molecule has 0 unspecified atom stereocenters. The van der Waals surface area contributed by atoms with E-state index in [0.717, 1.165) is 18.8 Å². The maximum absolute atomic E-state index is 12.4. The summed E-state index contributed by atoms with van der Waals surface area (Å²) in [7, 11) is 0. The molecular weight excluding hydrogens is 252 g/mol. The fourth-order valence-electron chi connectivity index (χ4n) is 2.36. The topological polar surface area (TPSA) is 60.2 Å². The second-order valence-corrected chi connectivity index (χ2v) is 5.61. The third kappa shape index (κ3) is 2.97. The summed E-state index contributed by atoms with van der Waals surface area (Å²) in [6.45, 7) is 8.42. The first-order valence-corrected chi connectivity index (χ1v) is 6.83. The van der Waals surface area contributed by atoms with Crippen LogP contribution in [0, 0.1) is 18.3 Å². The zero-order valence-electron chi connectivity index (χ0n) is 12.3. The van der Waals surface area contributed by atoms with Crippen LogP contribution in [0.25, 0.3) is 0 Å². The highest BCUT2D eigenvalue weighted by Crippen LogP contribution is 2.16. The fraction of sp³-hybridized carbons (Fsp3) is 0.533. The highest BCUT2D eigenvalue weighted by Gasteiger charge is 2.31. The molecule has 0 bridgehead atoms. The van der Waals surface area contributed by atoms with Crippen LogP contribution >= 0.6 is 0 Å². The molecule has 2 heterocycles. The molecule has 0 atom stereocenters. The molecule has 20 heavy (non-hydrogen) atoms. The summed E-state index contributed by atoms with van der Waals surface area (Å²) in [5, 5.41) is 9.15. The molecule has 1 aliphatic heterocycles. The van der Waals surface area contributed by atoms with Crippen molar-refractivity contribution < 1.29 is 4.79 Å². The molecule has 5 nitrogen and oxygen atoms in total. The van der Waals surface area contributed by atoms with Gasteiger partial charge in [-0.3, -0.25) is 9.69 Å². The summed E-state index contributed by atoms with van der Waals surface area (Å²) in [6.07, 6.45) is 0. The van der Waals surface area contributed by atoms with E-state index in [1.54, 1.807) is 6.07 Å². The highest BCUT2D eigenvalue weighted by molar-refractivity contribution is 5.92. The van der Waals surface area contributed by atoms with Crippen LogP contribution in [-0.4, -0.2) is 52.4 Å². The number of aryl methyl sites for hydroxylation is 1. The summed E-state index contributed by atoms with van der Waals surface area (Å²) >= 11 is 0. The Morgan fingerprint density at radius 3 is 2.50 bits per heavy atom. The van der Waals surface area contributed by atoms with E-state index in [-0.39, 0.29) is 5.91 Å². The van der Waals surface area contributed by atoms with Gasteiger partial charge in [-0.1, -0.05) is 6.07 Å². The number of amides is 1. The van der Waals surface area contributed by atoms with Gasteiger partial charge in [0.15, 0.2) is 0 Å². The average Bonchev–Trinajstić information content (AvgIpc) is 2.46. The molecule has 1 aromatic heterocycles. The van der Waals surface area contributed by atoms with Crippen LogP contribution in [0.3, 0.4) is 0 Å². The molecule has 5 heteroatoms. The Morgan fingerprint density at radius 2 is 1.95 bits per heavy atom. The van der Waals surface area contributed by atoms with E-state index in [9.17, 15) is 4.79 Å². The van der Waals surface area contributed by atoms with Crippen molar-refractivity contribution in [1.29, 1.82) is 5.26 Å². The molecule has 1 aromatic rings. The molecule has 1 amide bonds. The molecule has 0 radical (unpaired) electrons. The highest BCUT2D eigenvalue weighted by atomic mass is 16.2. The Hall–Kier alpha value is -1.93. The zero-order valence-corrected chi connectivity index (χ0v) is 12.3. The smallest absolute Gasteiger partial charge is 0.272 e. The van der Waals surface area contributed by atoms with E-state index >= 15 is 0 Å². The number of rotatable bonds is 2. The van der Waals surface area contributed by atoms with E-state index in [0.29, 0.717) is 18.8 Å². The minimum atomic E-state index is -0.475. The van der Waals surface area contributed by atoms with Gasteiger partial charge in [0.2, 0.25) is 0 Å². The van der Waals surface area contributed by atoms with Crippen LogP contribution < -0.4 is 0 Å². The number of nitriles is 1. The van der Waals surface area contributed by atoms with Crippen molar-refractivity contribution in [2.75, 3.05) is 26.2 Å². The third-order valence-electron chi connectivity index (χ3n) is 3.74. The number of carbonyl (C=O) groups is 1. The molecule has 1 fully saturated rings. The van der Waals surface area contributed by atoms with Crippen LogP contribution in [0.15, 0.2) is 18.2 Å².